The second-order valence-electron chi connectivity index (χ2n) is 4.53. The van der Waals surface area contributed by atoms with Crippen molar-refractivity contribution in [2.24, 2.45) is 0 Å². The monoisotopic (exact) mass is 254 g/mol. The Morgan fingerprint density at radius 1 is 1.26 bits per heavy atom. The summed E-state index contributed by atoms with van der Waals surface area (Å²) in [6.07, 6.45) is 4.03. The van der Waals surface area contributed by atoms with Crippen LogP contribution in [0.1, 0.15) is 24.5 Å². The molecule has 1 amide bonds. The molecule has 0 bridgehead atoms. The van der Waals surface area contributed by atoms with Gasteiger partial charge in [0.15, 0.2) is 0 Å². The van der Waals surface area contributed by atoms with Crippen molar-refractivity contribution in [2.45, 2.75) is 26.8 Å². The molecule has 0 radical (unpaired) electrons. The summed E-state index contributed by atoms with van der Waals surface area (Å²) in [7, 11) is 0. The minimum atomic E-state index is 0.120. The standard InChI is InChI=1S/C16H18N2O/c1-3-16(19)18(12-14-7-5-9-17-11-14)15-8-4-6-13(2)10-15/h4-11H,3,12H2,1-2H3. The Kier molecular flexibility index (Phi) is 4.29. The highest BCUT2D eigenvalue weighted by Gasteiger charge is 2.14. The Bertz CT molecular complexity index is 552. The van der Waals surface area contributed by atoms with Crippen LogP contribution >= 0.6 is 0 Å². The lowest BCUT2D eigenvalue weighted by molar-refractivity contribution is -0.118. The quantitative estimate of drug-likeness (QED) is 0.838. The topological polar surface area (TPSA) is 33.2 Å². The van der Waals surface area contributed by atoms with Crippen molar-refractivity contribution in [3.63, 3.8) is 0 Å². The summed E-state index contributed by atoms with van der Waals surface area (Å²) in [5.74, 6) is 0.120. The molecule has 0 aliphatic carbocycles. The molecule has 0 fully saturated rings. The van der Waals surface area contributed by atoms with Gasteiger partial charge in [0.05, 0.1) is 6.54 Å². The molecule has 1 heterocycles. The summed E-state index contributed by atoms with van der Waals surface area (Å²) in [5, 5.41) is 0. The van der Waals surface area contributed by atoms with Crippen molar-refractivity contribution in [3.05, 3.63) is 59.9 Å². The van der Waals surface area contributed by atoms with Gasteiger partial charge in [-0.05, 0) is 36.2 Å². The van der Waals surface area contributed by atoms with Gasteiger partial charge in [-0.1, -0.05) is 25.1 Å². The first-order valence-electron chi connectivity index (χ1n) is 6.46. The zero-order valence-electron chi connectivity index (χ0n) is 11.3. The number of rotatable bonds is 4. The average molecular weight is 254 g/mol. The SMILES string of the molecule is CCC(=O)N(Cc1cccnc1)c1cccc(C)c1. The van der Waals surface area contributed by atoms with E-state index in [0.717, 1.165) is 16.8 Å². The van der Waals surface area contributed by atoms with Gasteiger partial charge in [0.25, 0.3) is 0 Å². The van der Waals surface area contributed by atoms with Gasteiger partial charge >= 0.3 is 0 Å². The number of anilines is 1. The van der Waals surface area contributed by atoms with E-state index >= 15 is 0 Å². The second kappa shape index (κ2) is 6.14. The minimum absolute atomic E-state index is 0.120. The normalized spacial score (nSPS) is 10.2. The number of aromatic nitrogens is 1. The van der Waals surface area contributed by atoms with E-state index in [9.17, 15) is 4.79 Å². The molecule has 3 nitrogen and oxygen atoms in total. The number of nitrogens with zero attached hydrogens (tertiary/aromatic N) is 2. The molecule has 1 aromatic heterocycles. The lowest BCUT2D eigenvalue weighted by Gasteiger charge is -2.22. The molecular formula is C16H18N2O. The van der Waals surface area contributed by atoms with Crippen molar-refractivity contribution in [1.82, 2.24) is 4.98 Å². The summed E-state index contributed by atoms with van der Waals surface area (Å²) in [5.41, 5.74) is 3.12. The average Bonchev–Trinajstić information content (AvgIpc) is 2.45. The van der Waals surface area contributed by atoms with E-state index < -0.39 is 0 Å². The van der Waals surface area contributed by atoms with E-state index in [-0.39, 0.29) is 5.91 Å². The molecule has 3 heteroatoms. The van der Waals surface area contributed by atoms with E-state index in [1.807, 2.05) is 55.1 Å². The van der Waals surface area contributed by atoms with E-state index in [4.69, 9.17) is 0 Å². The van der Waals surface area contributed by atoms with Crippen LogP contribution in [0.4, 0.5) is 5.69 Å². The molecule has 19 heavy (non-hydrogen) atoms. The predicted molar refractivity (Wildman–Crippen MR) is 76.9 cm³/mol. The molecule has 0 atom stereocenters. The molecule has 0 saturated heterocycles. The molecule has 2 aromatic rings. The first-order valence-corrected chi connectivity index (χ1v) is 6.46. The van der Waals surface area contributed by atoms with Crippen molar-refractivity contribution in [2.75, 3.05) is 4.90 Å². The summed E-state index contributed by atoms with van der Waals surface area (Å²) in [6.45, 7) is 4.47. The van der Waals surface area contributed by atoms with Gasteiger partial charge < -0.3 is 4.90 Å². The number of pyridine rings is 1. The molecule has 0 aliphatic heterocycles. The number of hydrogen-bond acceptors (Lipinski definition) is 2. The Balaban J connectivity index is 2.29. The molecule has 2 rings (SSSR count). The van der Waals surface area contributed by atoms with Crippen LogP contribution in [0.2, 0.25) is 0 Å². The number of hydrogen-bond donors (Lipinski definition) is 0. The summed E-state index contributed by atoms with van der Waals surface area (Å²) in [4.78, 5) is 18.0. The number of amides is 1. The molecule has 0 aliphatic rings. The van der Waals surface area contributed by atoms with Crippen LogP contribution in [-0.4, -0.2) is 10.9 Å². The highest BCUT2D eigenvalue weighted by molar-refractivity contribution is 5.93. The van der Waals surface area contributed by atoms with Gasteiger partial charge in [0, 0.05) is 24.5 Å². The fourth-order valence-corrected chi connectivity index (χ4v) is 1.98. The van der Waals surface area contributed by atoms with Crippen molar-refractivity contribution in [3.8, 4) is 0 Å². The lowest BCUT2D eigenvalue weighted by Crippen LogP contribution is -2.29. The molecule has 0 saturated carbocycles. The molecule has 0 unspecified atom stereocenters. The number of benzene rings is 1. The maximum atomic E-state index is 12.1. The fourth-order valence-electron chi connectivity index (χ4n) is 1.98. The van der Waals surface area contributed by atoms with E-state index in [1.165, 1.54) is 0 Å². The van der Waals surface area contributed by atoms with E-state index in [0.29, 0.717) is 13.0 Å². The third-order valence-corrected chi connectivity index (χ3v) is 2.98. The first kappa shape index (κ1) is 13.3. The molecule has 0 spiro atoms. The third-order valence-electron chi connectivity index (χ3n) is 2.98. The van der Waals surface area contributed by atoms with Gasteiger partial charge in [0.1, 0.15) is 0 Å². The number of aryl methyl sites for hydroxylation is 1. The second-order valence-corrected chi connectivity index (χ2v) is 4.53. The summed E-state index contributed by atoms with van der Waals surface area (Å²) >= 11 is 0. The maximum Gasteiger partial charge on any atom is 0.227 e. The molecular weight excluding hydrogens is 236 g/mol. The number of carbonyl (C=O) groups is 1. The summed E-state index contributed by atoms with van der Waals surface area (Å²) in [6, 6.07) is 11.9. The lowest BCUT2D eigenvalue weighted by atomic mass is 10.1. The van der Waals surface area contributed by atoms with Crippen LogP contribution in [0.3, 0.4) is 0 Å². The van der Waals surface area contributed by atoms with Crippen LogP contribution in [0.5, 0.6) is 0 Å². The van der Waals surface area contributed by atoms with Crippen LogP contribution < -0.4 is 4.90 Å². The third kappa shape index (κ3) is 3.41. The highest BCUT2D eigenvalue weighted by Crippen LogP contribution is 2.19. The van der Waals surface area contributed by atoms with Crippen molar-refractivity contribution in [1.29, 1.82) is 0 Å². The van der Waals surface area contributed by atoms with E-state index in [2.05, 4.69) is 4.98 Å². The Hall–Kier alpha value is -2.16. The van der Waals surface area contributed by atoms with Gasteiger partial charge in [0.2, 0.25) is 5.91 Å². The van der Waals surface area contributed by atoms with Crippen LogP contribution in [0.15, 0.2) is 48.8 Å². The smallest absolute Gasteiger partial charge is 0.227 e. The predicted octanol–water partition coefficient (Wildman–Crippen LogP) is 3.33. The van der Waals surface area contributed by atoms with Crippen molar-refractivity contribution < 1.29 is 4.79 Å². The highest BCUT2D eigenvalue weighted by atomic mass is 16.2. The fraction of sp³-hybridized carbons (Fsp3) is 0.250. The Morgan fingerprint density at radius 3 is 2.74 bits per heavy atom. The Labute approximate surface area is 113 Å². The van der Waals surface area contributed by atoms with Gasteiger partial charge in [-0.25, -0.2) is 0 Å². The molecule has 0 N–H and O–H groups in total. The van der Waals surface area contributed by atoms with Crippen LogP contribution in [-0.2, 0) is 11.3 Å². The van der Waals surface area contributed by atoms with Crippen LogP contribution in [0.25, 0.3) is 0 Å². The number of carbonyl (C=O) groups excluding carboxylic acids is 1. The van der Waals surface area contributed by atoms with Gasteiger partial charge in [-0.15, -0.1) is 0 Å². The van der Waals surface area contributed by atoms with Gasteiger partial charge in [-0.2, -0.15) is 0 Å². The first-order chi connectivity index (χ1) is 9.20. The van der Waals surface area contributed by atoms with Crippen LogP contribution in [0, 0.1) is 6.92 Å². The molecule has 1 aromatic carbocycles. The Morgan fingerprint density at radius 2 is 2.11 bits per heavy atom. The van der Waals surface area contributed by atoms with E-state index in [1.54, 1.807) is 12.4 Å². The maximum absolute atomic E-state index is 12.1. The molecule has 98 valence electrons. The summed E-state index contributed by atoms with van der Waals surface area (Å²) < 4.78 is 0. The van der Waals surface area contributed by atoms with Crippen molar-refractivity contribution >= 4 is 11.6 Å². The minimum Gasteiger partial charge on any atom is -0.308 e. The zero-order valence-corrected chi connectivity index (χ0v) is 11.3. The zero-order chi connectivity index (χ0) is 13.7. The largest absolute Gasteiger partial charge is 0.308 e. The van der Waals surface area contributed by atoms with Gasteiger partial charge in [-0.3, -0.25) is 9.78 Å².